The highest BCUT2D eigenvalue weighted by Gasteiger charge is 2.16. The van der Waals surface area contributed by atoms with Gasteiger partial charge in [0.05, 0.1) is 0 Å². The van der Waals surface area contributed by atoms with Crippen LogP contribution in [-0.4, -0.2) is 24.4 Å². The van der Waals surface area contributed by atoms with Crippen LogP contribution in [-0.2, 0) is 16.6 Å². The molecule has 1 aromatic rings. The fourth-order valence-electron chi connectivity index (χ4n) is 0.838. The molecule has 1 rings (SSSR count). The normalized spacial score (nSPS) is 12.3. The van der Waals surface area contributed by atoms with Gasteiger partial charge in [-0.2, -0.15) is 4.31 Å². The number of hydrogen-bond acceptors (Lipinski definition) is 3. The summed E-state index contributed by atoms with van der Waals surface area (Å²) >= 11 is 7.81. The quantitative estimate of drug-likeness (QED) is 0.772. The fourth-order valence-corrected chi connectivity index (χ4v) is 3.97. The molecule has 1 heterocycles. The summed E-state index contributed by atoms with van der Waals surface area (Å²) in [7, 11) is -1.57. The van der Waals surface area contributed by atoms with Crippen molar-refractivity contribution in [1.29, 1.82) is 0 Å². The Labute approximate surface area is 104 Å². The minimum atomic E-state index is -3.15. The number of sulfonamides is 1. The average molecular weight is 363 g/mol. The number of thiophene rings is 1. The van der Waals surface area contributed by atoms with Crippen LogP contribution in [0.1, 0.15) is 4.88 Å². The summed E-state index contributed by atoms with van der Waals surface area (Å²) in [5.41, 5.74) is 0. The van der Waals surface area contributed by atoms with E-state index in [0.29, 0.717) is 6.54 Å². The SMILES string of the molecule is CN(Cc1cc(Br)cs1)S(=O)(=O)CBr. The number of nitrogens with zero attached hydrogens (tertiary/aromatic N) is 1. The number of hydrogen-bond donors (Lipinski definition) is 0. The van der Waals surface area contributed by atoms with Crippen LogP contribution in [0, 0.1) is 0 Å². The van der Waals surface area contributed by atoms with E-state index in [-0.39, 0.29) is 4.66 Å². The fraction of sp³-hybridized carbons (Fsp3) is 0.429. The molecule has 0 saturated carbocycles. The van der Waals surface area contributed by atoms with E-state index in [4.69, 9.17) is 0 Å². The van der Waals surface area contributed by atoms with Gasteiger partial charge in [0.2, 0.25) is 10.0 Å². The number of rotatable bonds is 4. The second-order valence-corrected chi connectivity index (χ2v) is 8.00. The van der Waals surface area contributed by atoms with Crippen molar-refractivity contribution < 1.29 is 8.42 Å². The molecule has 0 radical (unpaired) electrons. The molecule has 0 amide bonds. The van der Waals surface area contributed by atoms with Crippen molar-refractivity contribution >= 4 is 53.2 Å². The minimum absolute atomic E-state index is 0.0386. The van der Waals surface area contributed by atoms with E-state index >= 15 is 0 Å². The minimum Gasteiger partial charge on any atom is -0.211 e. The monoisotopic (exact) mass is 361 g/mol. The molecule has 0 aliphatic rings. The summed E-state index contributed by atoms with van der Waals surface area (Å²) in [6.45, 7) is 0.421. The third-order valence-corrected chi connectivity index (χ3v) is 6.39. The van der Waals surface area contributed by atoms with Gasteiger partial charge in [0, 0.05) is 28.3 Å². The molecular formula is C7H9Br2NO2S2. The molecule has 0 bridgehead atoms. The van der Waals surface area contributed by atoms with E-state index in [1.807, 2.05) is 11.4 Å². The molecule has 0 spiro atoms. The first-order valence-electron chi connectivity index (χ1n) is 3.68. The van der Waals surface area contributed by atoms with Crippen molar-refractivity contribution in [3.8, 4) is 0 Å². The lowest BCUT2D eigenvalue weighted by Crippen LogP contribution is -2.26. The largest absolute Gasteiger partial charge is 0.224 e. The van der Waals surface area contributed by atoms with Crippen LogP contribution in [0.3, 0.4) is 0 Å². The van der Waals surface area contributed by atoms with Gasteiger partial charge in [-0.15, -0.1) is 11.3 Å². The standard InChI is InChI=1S/C7H9Br2NO2S2/c1-10(14(11,12)5-8)3-7-2-6(9)4-13-7/h2,4H,3,5H2,1H3. The highest BCUT2D eigenvalue weighted by molar-refractivity contribution is 9.11. The van der Waals surface area contributed by atoms with Gasteiger partial charge in [-0.1, -0.05) is 15.9 Å². The van der Waals surface area contributed by atoms with Crippen LogP contribution in [0.5, 0.6) is 0 Å². The van der Waals surface area contributed by atoms with E-state index in [1.54, 1.807) is 7.05 Å². The Balaban J connectivity index is 2.71. The molecule has 0 atom stereocenters. The summed E-state index contributed by atoms with van der Waals surface area (Å²) < 4.78 is 25.0. The molecule has 0 unspecified atom stereocenters. The van der Waals surface area contributed by atoms with Gasteiger partial charge < -0.3 is 0 Å². The van der Waals surface area contributed by atoms with Gasteiger partial charge in [0.15, 0.2) is 0 Å². The number of halogens is 2. The first-order chi connectivity index (χ1) is 6.45. The smallest absolute Gasteiger partial charge is 0.211 e. The maximum absolute atomic E-state index is 11.4. The Morgan fingerprint density at radius 2 is 2.21 bits per heavy atom. The highest BCUT2D eigenvalue weighted by atomic mass is 79.9. The van der Waals surface area contributed by atoms with E-state index < -0.39 is 10.0 Å². The average Bonchev–Trinajstić information content (AvgIpc) is 2.51. The molecular weight excluding hydrogens is 354 g/mol. The molecule has 1 aromatic heterocycles. The lowest BCUT2D eigenvalue weighted by molar-refractivity contribution is 0.474. The lowest BCUT2D eigenvalue weighted by atomic mass is 10.5. The van der Waals surface area contributed by atoms with Gasteiger partial charge in [-0.05, 0) is 22.0 Å². The predicted octanol–water partition coefficient (Wildman–Crippen LogP) is 2.62. The molecule has 0 aliphatic carbocycles. The number of alkyl halides is 1. The first-order valence-corrected chi connectivity index (χ1v) is 8.09. The summed E-state index contributed by atoms with van der Waals surface area (Å²) in [5, 5.41) is 1.93. The summed E-state index contributed by atoms with van der Waals surface area (Å²) in [5.74, 6) is 0. The maximum Gasteiger partial charge on any atom is 0.224 e. The van der Waals surface area contributed by atoms with Crippen LogP contribution in [0.25, 0.3) is 0 Å². The molecule has 0 aromatic carbocycles. The van der Waals surface area contributed by atoms with E-state index in [2.05, 4.69) is 31.9 Å². The molecule has 0 saturated heterocycles. The topological polar surface area (TPSA) is 37.4 Å². The van der Waals surface area contributed by atoms with Crippen LogP contribution in [0.2, 0.25) is 0 Å². The van der Waals surface area contributed by atoms with Crippen molar-refractivity contribution in [3.05, 3.63) is 20.8 Å². The second-order valence-electron chi connectivity index (χ2n) is 2.71. The zero-order valence-corrected chi connectivity index (χ0v) is 12.2. The third-order valence-electron chi connectivity index (χ3n) is 1.61. The van der Waals surface area contributed by atoms with Gasteiger partial charge in [0.25, 0.3) is 0 Å². The van der Waals surface area contributed by atoms with Crippen molar-refractivity contribution in [2.75, 3.05) is 11.7 Å². The van der Waals surface area contributed by atoms with Crippen LogP contribution in [0.15, 0.2) is 15.9 Å². The zero-order valence-electron chi connectivity index (χ0n) is 7.41. The Morgan fingerprint density at radius 1 is 1.57 bits per heavy atom. The Hall–Kier alpha value is 0.570. The van der Waals surface area contributed by atoms with Crippen LogP contribution >= 0.6 is 43.2 Å². The molecule has 80 valence electrons. The van der Waals surface area contributed by atoms with Gasteiger partial charge in [-0.25, -0.2) is 8.42 Å². The van der Waals surface area contributed by atoms with Crippen LogP contribution < -0.4 is 0 Å². The molecule has 0 N–H and O–H groups in total. The Bertz CT molecular complexity index is 402. The van der Waals surface area contributed by atoms with Crippen molar-refractivity contribution in [1.82, 2.24) is 4.31 Å². The first kappa shape index (κ1) is 12.6. The van der Waals surface area contributed by atoms with Crippen molar-refractivity contribution in [2.45, 2.75) is 6.54 Å². The maximum atomic E-state index is 11.4. The lowest BCUT2D eigenvalue weighted by Gasteiger charge is -2.13. The summed E-state index contributed by atoms with van der Waals surface area (Å²) in [6.07, 6.45) is 0. The predicted molar refractivity (Wildman–Crippen MR) is 66.2 cm³/mol. The van der Waals surface area contributed by atoms with Gasteiger partial charge in [0.1, 0.15) is 4.66 Å². The zero-order chi connectivity index (χ0) is 10.8. The van der Waals surface area contributed by atoms with E-state index in [9.17, 15) is 8.42 Å². The highest BCUT2D eigenvalue weighted by Crippen LogP contribution is 2.21. The van der Waals surface area contributed by atoms with Gasteiger partial charge >= 0.3 is 0 Å². The van der Waals surface area contributed by atoms with Crippen molar-refractivity contribution in [2.24, 2.45) is 0 Å². The van der Waals surface area contributed by atoms with Crippen molar-refractivity contribution in [3.63, 3.8) is 0 Å². The molecule has 0 fully saturated rings. The molecule has 3 nitrogen and oxygen atoms in total. The summed E-state index contributed by atoms with van der Waals surface area (Å²) in [6, 6.07) is 1.92. The van der Waals surface area contributed by atoms with Crippen LogP contribution in [0.4, 0.5) is 0 Å². The third kappa shape index (κ3) is 3.30. The summed E-state index contributed by atoms with van der Waals surface area (Å²) in [4.78, 5) is 1.02. The molecule has 7 heteroatoms. The molecule has 14 heavy (non-hydrogen) atoms. The Morgan fingerprint density at radius 3 is 2.64 bits per heavy atom. The molecule has 0 aliphatic heterocycles. The van der Waals surface area contributed by atoms with E-state index in [1.165, 1.54) is 15.6 Å². The van der Waals surface area contributed by atoms with E-state index in [0.717, 1.165) is 9.35 Å². The Kier molecular flexibility index (Phi) is 4.57. The van der Waals surface area contributed by atoms with Gasteiger partial charge in [-0.3, -0.25) is 0 Å². The second kappa shape index (κ2) is 5.07.